The zero-order valence-electron chi connectivity index (χ0n) is 8.09. The van der Waals surface area contributed by atoms with E-state index in [1.54, 1.807) is 6.92 Å². The van der Waals surface area contributed by atoms with Crippen molar-refractivity contribution in [3.63, 3.8) is 0 Å². The van der Waals surface area contributed by atoms with Crippen molar-refractivity contribution in [3.8, 4) is 5.75 Å². The Morgan fingerprint density at radius 3 is 2.87 bits per heavy atom. The van der Waals surface area contributed by atoms with Gasteiger partial charge in [0.25, 0.3) is 0 Å². The molecule has 0 radical (unpaired) electrons. The van der Waals surface area contributed by atoms with Crippen LogP contribution in [0.4, 0.5) is 4.39 Å². The Balaban J connectivity index is 2.89. The lowest BCUT2D eigenvalue weighted by molar-refractivity contribution is -0.142. The molecule has 0 bridgehead atoms. The highest BCUT2D eigenvalue weighted by Crippen LogP contribution is 2.29. The molecule has 0 saturated carbocycles. The highest BCUT2D eigenvalue weighted by Gasteiger charge is 2.12. The average Bonchev–Trinajstić information content (AvgIpc) is 2.13. The van der Waals surface area contributed by atoms with Crippen LogP contribution in [0.25, 0.3) is 0 Å². The minimum absolute atomic E-state index is 0.135. The van der Waals surface area contributed by atoms with Crippen LogP contribution < -0.4 is 0 Å². The van der Waals surface area contributed by atoms with Gasteiger partial charge in [0.2, 0.25) is 0 Å². The summed E-state index contributed by atoms with van der Waals surface area (Å²) in [7, 11) is 0. The lowest BCUT2D eigenvalue weighted by atomic mass is 10.1. The van der Waals surface area contributed by atoms with Crippen LogP contribution in [-0.2, 0) is 16.0 Å². The molecule has 0 aromatic heterocycles. The Labute approximate surface area is 95.0 Å². The van der Waals surface area contributed by atoms with Crippen LogP contribution in [0, 0.1) is 5.82 Å². The number of carbonyl (C=O) groups excluding carboxylic acids is 1. The number of hydrogen-bond donors (Lipinski definition) is 1. The standard InChI is InChI=1S/C10H10BrFO3/c1-2-15-9(13)4-6-3-7(12)5-8(11)10(6)14/h3,5,14H,2,4H2,1H3. The van der Waals surface area contributed by atoms with E-state index in [-0.39, 0.29) is 28.8 Å². The highest BCUT2D eigenvalue weighted by atomic mass is 79.9. The van der Waals surface area contributed by atoms with E-state index in [2.05, 4.69) is 15.9 Å². The Hall–Kier alpha value is -1.10. The summed E-state index contributed by atoms with van der Waals surface area (Å²) >= 11 is 2.98. The highest BCUT2D eigenvalue weighted by molar-refractivity contribution is 9.10. The Bertz CT molecular complexity index is 379. The third kappa shape index (κ3) is 3.20. The number of benzene rings is 1. The van der Waals surface area contributed by atoms with Crippen molar-refractivity contribution < 1.29 is 19.0 Å². The minimum Gasteiger partial charge on any atom is -0.506 e. The van der Waals surface area contributed by atoms with Crippen LogP contribution in [0.3, 0.4) is 0 Å². The quantitative estimate of drug-likeness (QED) is 0.863. The fourth-order valence-electron chi connectivity index (χ4n) is 1.12. The van der Waals surface area contributed by atoms with Crippen LogP contribution in [0.5, 0.6) is 5.75 Å². The summed E-state index contributed by atoms with van der Waals surface area (Å²) in [4.78, 5) is 11.1. The van der Waals surface area contributed by atoms with Gasteiger partial charge in [0.15, 0.2) is 0 Å². The van der Waals surface area contributed by atoms with Gasteiger partial charge in [-0.1, -0.05) is 0 Å². The summed E-state index contributed by atoms with van der Waals surface area (Å²) in [5.74, 6) is -1.14. The van der Waals surface area contributed by atoms with E-state index < -0.39 is 11.8 Å². The van der Waals surface area contributed by atoms with Crippen LogP contribution in [-0.4, -0.2) is 17.7 Å². The third-order valence-electron chi connectivity index (χ3n) is 1.75. The molecule has 0 spiro atoms. The Morgan fingerprint density at radius 1 is 1.60 bits per heavy atom. The average molecular weight is 277 g/mol. The van der Waals surface area contributed by atoms with Gasteiger partial charge >= 0.3 is 5.97 Å². The van der Waals surface area contributed by atoms with Gasteiger partial charge in [0.05, 0.1) is 17.5 Å². The molecule has 0 saturated heterocycles. The summed E-state index contributed by atoms with van der Waals surface area (Å²) in [5.41, 5.74) is 0.209. The molecule has 82 valence electrons. The van der Waals surface area contributed by atoms with Crippen molar-refractivity contribution in [2.45, 2.75) is 13.3 Å². The molecule has 3 nitrogen and oxygen atoms in total. The lowest BCUT2D eigenvalue weighted by Crippen LogP contribution is -2.08. The molecule has 5 heteroatoms. The second kappa shape index (κ2) is 5.11. The molecular formula is C10H10BrFO3. The van der Waals surface area contributed by atoms with Crippen molar-refractivity contribution in [2.75, 3.05) is 6.61 Å². The van der Waals surface area contributed by atoms with E-state index in [0.29, 0.717) is 0 Å². The Kier molecular flexibility index (Phi) is 4.08. The number of phenols is 1. The predicted molar refractivity (Wildman–Crippen MR) is 56.1 cm³/mol. The number of esters is 1. The van der Waals surface area contributed by atoms with E-state index in [0.717, 1.165) is 12.1 Å². The van der Waals surface area contributed by atoms with E-state index in [1.165, 1.54) is 0 Å². The molecule has 0 aliphatic rings. The molecular weight excluding hydrogens is 267 g/mol. The van der Waals surface area contributed by atoms with Crippen LogP contribution in [0.1, 0.15) is 12.5 Å². The van der Waals surface area contributed by atoms with Crippen molar-refractivity contribution in [1.82, 2.24) is 0 Å². The predicted octanol–water partition coefficient (Wildman–Crippen LogP) is 2.40. The van der Waals surface area contributed by atoms with E-state index >= 15 is 0 Å². The normalized spacial score (nSPS) is 10.1. The monoisotopic (exact) mass is 276 g/mol. The second-order valence-electron chi connectivity index (χ2n) is 2.88. The molecule has 0 atom stereocenters. The minimum atomic E-state index is -0.515. The van der Waals surface area contributed by atoms with Gasteiger partial charge < -0.3 is 9.84 Å². The summed E-state index contributed by atoms with van der Waals surface area (Å²) in [5, 5.41) is 9.52. The van der Waals surface area contributed by atoms with Crippen LogP contribution in [0.2, 0.25) is 0 Å². The zero-order chi connectivity index (χ0) is 11.4. The first-order chi connectivity index (χ1) is 7.04. The van der Waals surface area contributed by atoms with Crippen LogP contribution >= 0.6 is 15.9 Å². The first-order valence-electron chi connectivity index (χ1n) is 4.37. The van der Waals surface area contributed by atoms with Gasteiger partial charge in [0, 0.05) is 5.56 Å². The first-order valence-corrected chi connectivity index (χ1v) is 5.16. The molecule has 1 N–H and O–H groups in total. The van der Waals surface area contributed by atoms with Gasteiger partial charge in [-0.25, -0.2) is 4.39 Å². The van der Waals surface area contributed by atoms with Crippen molar-refractivity contribution in [2.24, 2.45) is 0 Å². The summed E-state index contributed by atoms with van der Waals surface area (Å²) < 4.78 is 17.9. The molecule has 1 aromatic rings. The molecule has 0 amide bonds. The smallest absolute Gasteiger partial charge is 0.310 e. The summed E-state index contributed by atoms with van der Waals surface area (Å²) in [6.45, 7) is 1.94. The van der Waals surface area contributed by atoms with Gasteiger partial charge in [0.1, 0.15) is 11.6 Å². The van der Waals surface area contributed by atoms with Crippen molar-refractivity contribution >= 4 is 21.9 Å². The van der Waals surface area contributed by atoms with Crippen molar-refractivity contribution in [1.29, 1.82) is 0 Å². The molecule has 1 rings (SSSR count). The fourth-order valence-corrected chi connectivity index (χ4v) is 1.59. The van der Waals surface area contributed by atoms with Gasteiger partial charge in [-0.05, 0) is 35.0 Å². The van der Waals surface area contributed by atoms with Gasteiger partial charge in [-0.3, -0.25) is 4.79 Å². The maximum Gasteiger partial charge on any atom is 0.310 e. The third-order valence-corrected chi connectivity index (χ3v) is 2.35. The van der Waals surface area contributed by atoms with Crippen molar-refractivity contribution in [3.05, 3.63) is 28.0 Å². The fraction of sp³-hybridized carbons (Fsp3) is 0.300. The van der Waals surface area contributed by atoms with E-state index in [1.807, 2.05) is 0 Å². The molecule has 0 fully saturated rings. The second-order valence-corrected chi connectivity index (χ2v) is 3.73. The first kappa shape index (κ1) is 12.0. The number of hydrogen-bond acceptors (Lipinski definition) is 3. The lowest BCUT2D eigenvalue weighted by Gasteiger charge is -2.06. The molecule has 0 aliphatic carbocycles. The number of ether oxygens (including phenoxy) is 1. The Morgan fingerprint density at radius 2 is 2.27 bits per heavy atom. The molecule has 0 unspecified atom stereocenters. The van der Waals surface area contributed by atoms with E-state index in [9.17, 15) is 14.3 Å². The maximum atomic E-state index is 13.0. The van der Waals surface area contributed by atoms with Gasteiger partial charge in [-0.15, -0.1) is 0 Å². The maximum absolute atomic E-state index is 13.0. The molecule has 0 aliphatic heterocycles. The topological polar surface area (TPSA) is 46.5 Å². The molecule has 15 heavy (non-hydrogen) atoms. The molecule has 1 aromatic carbocycles. The number of halogens is 2. The number of phenolic OH excluding ortho intramolecular Hbond substituents is 1. The van der Waals surface area contributed by atoms with Gasteiger partial charge in [-0.2, -0.15) is 0 Å². The summed E-state index contributed by atoms with van der Waals surface area (Å²) in [6.07, 6.45) is -0.143. The number of carbonyl (C=O) groups is 1. The largest absolute Gasteiger partial charge is 0.506 e. The van der Waals surface area contributed by atoms with Crippen LogP contribution in [0.15, 0.2) is 16.6 Å². The molecule has 0 heterocycles. The zero-order valence-corrected chi connectivity index (χ0v) is 9.67. The SMILES string of the molecule is CCOC(=O)Cc1cc(F)cc(Br)c1O. The van der Waals surface area contributed by atoms with E-state index in [4.69, 9.17) is 4.74 Å². The summed E-state index contributed by atoms with van der Waals surface area (Å²) in [6, 6.07) is 2.24. The number of aromatic hydroxyl groups is 1. The number of rotatable bonds is 3.